The summed E-state index contributed by atoms with van der Waals surface area (Å²) in [6, 6.07) is 4.01. The molecule has 2 amide bonds. The van der Waals surface area contributed by atoms with Crippen molar-refractivity contribution in [1.29, 1.82) is 0 Å². The smallest absolute Gasteiger partial charge is 0.335 e. The summed E-state index contributed by atoms with van der Waals surface area (Å²) in [4.78, 5) is 24.3. The van der Waals surface area contributed by atoms with Crippen LogP contribution in [0.5, 0.6) is 0 Å². The Hall–Kier alpha value is -1.75. The third kappa shape index (κ3) is 3.86. The molecule has 0 aliphatic rings. The van der Waals surface area contributed by atoms with E-state index in [1.807, 2.05) is 13.8 Å². The Morgan fingerprint density at radius 2 is 2.11 bits per heavy atom. The number of urea groups is 1. The van der Waals surface area contributed by atoms with Crippen LogP contribution in [0.2, 0.25) is 5.02 Å². The first-order valence-corrected chi connectivity index (χ1v) is 6.31. The molecule has 0 heterocycles. The van der Waals surface area contributed by atoms with Crippen LogP contribution < -0.4 is 5.32 Å². The number of anilines is 1. The van der Waals surface area contributed by atoms with Gasteiger partial charge in [0.15, 0.2) is 0 Å². The quantitative estimate of drug-likeness (QED) is 0.891. The molecule has 0 saturated heterocycles. The minimum Gasteiger partial charge on any atom is -0.478 e. The minimum absolute atomic E-state index is 0.0817. The second kappa shape index (κ2) is 6.43. The van der Waals surface area contributed by atoms with Crippen LogP contribution in [0.25, 0.3) is 0 Å². The minimum atomic E-state index is -1.06. The molecule has 0 bridgehead atoms. The second-order valence-electron chi connectivity index (χ2n) is 4.30. The molecule has 0 aliphatic heterocycles. The van der Waals surface area contributed by atoms with E-state index in [-0.39, 0.29) is 22.7 Å². The number of benzene rings is 1. The van der Waals surface area contributed by atoms with E-state index in [0.29, 0.717) is 5.69 Å². The van der Waals surface area contributed by atoms with E-state index >= 15 is 0 Å². The number of halogens is 1. The fourth-order valence-electron chi connectivity index (χ4n) is 1.43. The van der Waals surface area contributed by atoms with Crippen LogP contribution in [0.3, 0.4) is 0 Å². The van der Waals surface area contributed by atoms with Gasteiger partial charge in [0.05, 0.1) is 16.3 Å². The van der Waals surface area contributed by atoms with E-state index in [1.54, 1.807) is 11.9 Å². The molecule has 0 fully saturated rings. The van der Waals surface area contributed by atoms with Crippen molar-refractivity contribution in [3.63, 3.8) is 0 Å². The van der Waals surface area contributed by atoms with Crippen LogP contribution in [0.1, 0.15) is 30.6 Å². The molecule has 19 heavy (non-hydrogen) atoms. The van der Waals surface area contributed by atoms with Gasteiger partial charge in [-0.25, -0.2) is 9.59 Å². The zero-order valence-corrected chi connectivity index (χ0v) is 11.9. The molecule has 0 aromatic heterocycles. The number of carboxylic acid groups (broad SMARTS) is 1. The number of rotatable bonds is 4. The summed E-state index contributed by atoms with van der Waals surface area (Å²) in [6.45, 7) is 3.93. The highest BCUT2D eigenvalue weighted by molar-refractivity contribution is 6.34. The monoisotopic (exact) mass is 284 g/mol. The lowest BCUT2D eigenvalue weighted by atomic mass is 10.2. The van der Waals surface area contributed by atoms with Crippen LogP contribution in [-0.4, -0.2) is 35.1 Å². The summed E-state index contributed by atoms with van der Waals surface area (Å²) in [6.07, 6.45) is 0.843. The molecule has 6 heteroatoms. The van der Waals surface area contributed by atoms with Crippen molar-refractivity contribution < 1.29 is 14.7 Å². The van der Waals surface area contributed by atoms with E-state index in [1.165, 1.54) is 18.2 Å². The second-order valence-corrected chi connectivity index (χ2v) is 4.71. The summed E-state index contributed by atoms with van der Waals surface area (Å²) in [7, 11) is 1.70. The van der Waals surface area contributed by atoms with Crippen LogP contribution in [-0.2, 0) is 0 Å². The highest BCUT2D eigenvalue weighted by Gasteiger charge is 2.15. The first-order chi connectivity index (χ1) is 8.86. The Morgan fingerprint density at radius 3 is 2.58 bits per heavy atom. The molecule has 1 aromatic carbocycles. The average molecular weight is 285 g/mol. The van der Waals surface area contributed by atoms with Gasteiger partial charge in [-0.05, 0) is 31.5 Å². The summed E-state index contributed by atoms with van der Waals surface area (Å²) >= 11 is 5.94. The fourth-order valence-corrected chi connectivity index (χ4v) is 1.65. The molecule has 5 nitrogen and oxygen atoms in total. The Balaban J connectivity index is 2.83. The zero-order valence-electron chi connectivity index (χ0n) is 11.1. The molecule has 104 valence electrons. The number of carboxylic acids is 1. The van der Waals surface area contributed by atoms with Crippen LogP contribution in [0.4, 0.5) is 10.5 Å². The molecule has 1 unspecified atom stereocenters. The van der Waals surface area contributed by atoms with Crippen molar-refractivity contribution in [2.75, 3.05) is 12.4 Å². The van der Waals surface area contributed by atoms with Gasteiger partial charge in [-0.1, -0.05) is 18.5 Å². The molecule has 1 atom stereocenters. The highest BCUT2D eigenvalue weighted by Crippen LogP contribution is 2.23. The molecule has 0 spiro atoms. The summed E-state index contributed by atoms with van der Waals surface area (Å²) in [5.41, 5.74) is 0.477. The molecule has 0 aliphatic carbocycles. The summed E-state index contributed by atoms with van der Waals surface area (Å²) in [5.74, 6) is -1.06. The highest BCUT2D eigenvalue weighted by atomic mass is 35.5. The van der Waals surface area contributed by atoms with Gasteiger partial charge in [0.25, 0.3) is 0 Å². The number of nitrogens with zero attached hydrogens (tertiary/aromatic N) is 1. The molecule has 1 aromatic rings. The lowest BCUT2D eigenvalue weighted by molar-refractivity contribution is 0.0697. The number of nitrogens with one attached hydrogen (secondary N) is 1. The predicted octanol–water partition coefficient (Wildman–Crippen LogP) is 3.30. The number of carbonyl (C=O) groups excluding carboxylic acids is 1. The molecule has 0 radical (unpaired) electrons. The van der Waals surface area contributed by atoms with Crippen molar-refractivity contribution in [1.82, 2.24) is 4.90 Å². The maximum absolute atomic E-state index is 11.9. The Morgan fingerprint density at radius 1 is 1.47 bits per heavy atom. The lowest BCUT2D eigenvalue weighted by Crippen LogP contribution is -2.37. The Labute approximate surface area is 117 Å². The van der Waals surface area contributed by atoms with Crippen molar-refractivity contribution in [3.05, 3.63) is 28.8 Å². The lowest BCUT2D eigenvalue weighted by Gasteiger charge is -2.24. The van der Waals surface area contributed by atoms with Gasteiger partial charge in [-0.2, -0.15) is 0 Å². The maximum atomic E-state index is 11.9. The topological polar surface area (TPSA) is 69.6 Å². The summed E-state index contributed by atoms with van der Waals surface area (Å²) in [5, 5.41) is 11.7. The van der Waals surface area contributed by atoms with Crippen LogP contribution in [0.15, 0.2) is 18.2 Å². The van der Waals surface area contributed by atoms with Gasteiger partial charge in [0, 0.05) is 13.1 Å². The number of hydrogen-bond donors (Lipinski definition) is 2. The van der Waals surface area contributed by atoms with E-state index < -0.39 is 5.97 Å². The standard InChI is InChI=1S/C13H17ClN2O3/c1-4-8(2)16(3)13(19)15-11-6-5-9(12(17)18)7-10(11)14/h5-8H,4H2,1-3H3,(H,15,19)(H,17,18). The van der Waals surface area contributed by atoms with Gasteiger partial charge in [-0.15, -0.1) is 0 Å². The maximum Gasteiger partial charge on any atom is 0.335 e. The zero-order chi connectivity index (χ0) is 14.6. The SMILES string of the molecule is CCC(C)N(C)C(=O)Nc1ccc(C(=O)O)cc1Cl. The van der Waals surface area contributed by atoms with Gasteiger partial charge in [-0.3, -0.25) is 0 Å². The first-order valence-electron chi connectivity index (χ1n) is 5.93. The van der Waals surface area contributed by atoms with E-state index in [2.05, 4.69) is 5.32 Å². The fraction of sp³-hybridized carbons (Fsp3) is 0.385. The third-order valence-electron chi connectivity index (χ3n) is 3.03. The van der Waals surface area contributed by atoms with Gasteiger partial charge >= 0.3 is 12.0 Å². The number of carbonyl (C=O) groups is 2. The van der Waals surface area contributed by atoms with Gasteiger partial charge < -0.3 is 15.3 Å². The van der Waals surface area contributed by atoms with Gasteiger partial charge in [0.1, 0.15) is 0 Å². The van der Waals surface area contributed by atoms with Crippen molar-refractivity contribution >= 4 is 29.3 Å². The molecular weight excluding hydrogens is 268 g/mol. The van der Waals surface area contributed by atoms with Crippen molar-refractivity contribution in [3.8, 4) is 0 Å². The summed E-state index contributed by atoms with van der Waals surface area (Å²) < 4.78 is 0. The van der Waals surface area contributed by atoms with Gasteiger partial charge in [0.2, 0.25) is 0 Å². The molecule has 1 rings (SSSR count). The average Bonchev–Trinajstić information content (AvgIpc) is 2.38. The third-order valence-corrected chi connectivity index (χ3v) is 3.34. The van der Waals surface area contributed by atoms with Crippen LogP contribution in [0, 0.1) is 0 Å². The first kappa shape index (κ1) is 15.3. The Kier molecular flexibility index (Phi) is 5.18. The number of aromatic carboxylic acids is 1. The normalized spacial score (nSPS) is 11.8. The molecule has 2 N–H and O–H groups in total. The molecule has 0 saturated carbocycles. The van der Waals surface area contributed by atoms with E-state index in [4.69, 9.17) is 16.7 Å². The number of amides is 2. The van der Waals surface area contributed by atoms with Crippen molar-refractivity contribution in [2.24, 2.45) is 0 Å². The molecular formula is C13H17ClN2O3. The van der Waals surface area contributed by atoms with E-state index in [0.717, 1.165) is 6.42 Å². The predicted molar refractivity (Wildman–Crippen MR) is 74.9 cm³/mol. The van der Waals surface area contributed by atoms with Crippen molar-refractivity contribution in [2.45, 2.75) is 26.3 Å². The van der Waals surface area contributed by atoms with Crippen LogP contribution >= 0.6 is 11.6 Å². The Bertz CT molecular complexity index is 491. The number of hydrogen-bond acceptors (Lipinski definition) is 2. The van der Waals surface area contributed by atoms with E-state index in [9.17, 15) is 9.59 Å². The largest absolute Gasteiger partial charge is 0.478 e.